The standard InChI is InChI=1S/C27H46N4O8/c1-27(2,3)19-24(20-28)26(34)31-8-4-5-23(21-31)25(33)30-7-10-36-12-14-38-16-18-39-17-15-37-13-11-35-9-6-29-22-32/h19,22-23H,4-18,21H2,1-3H3,(H,29,32)(H,30,33)/b24-19+. The second kappa shape index (κ2) is 21.3. The van der Waals surface area contributed by atoms with Crippen molar-refractivity contribution in [3.05, 3.63) is 11.6 Å². The molecule has 0 spiro atoms. The molecule has 3 amide bonds. The fraction of sp³-hybridized carbons (Fsp3) is 0.778. The molecule has 0 radical (unpaired) electrons. The van der Waals surface area contributed by atoms with Gasteiger partial charge >= 0.3 is 0 Å². The van der Waals surface area contributed by atoms with Gasteiger partial charge in [0.1, 0.15) is 11.6 Å². The number of hydrogen-bond acceptors (Lipinski definition) is 9. The van der Waals surface area contributed by atoms with Crippen LogP contribution in [0.5, 0.6) is 0 Å². The summed E-state index contributed by atoms with van der Waals surface area (Å²) < 4.78 is 27.0. The number of ether oxygens (including phenoxy) is 5. The van der Waals surface area contributed by atoms with Crippen LogP contribution in [0.1, 0.15) is 33.6 Å². The van der Waals surface area contributed by atoms with Crippen LogP contribution in [-0.2, 0) is 38.1 Å². The molecule has 12 heteroatoms. The molecule has 12 nitrogen and oxygen atoms in total. The van der Waals surface area contributed by atoms with Crippen LogP contribution in [0.4, 0.5) is 0 Å². The summed E-state index contributed by atoms with van der Waals surface area (Å²) in [5.41, 5.74) is -0.157. The fourth-order valence-electron chi connectivity index (χ4n) is 3.68. The average Bonchev–Trinajstić information content (AvgIpc) is 2.92. The van der Waals surface area contributed by atoms with Gasteiger partial charge in [-0.1, -0.05) is 26.8 Å². The molecule has 0 bridgehead atoms. The summed E-state index contributed by atoms with van der Waals surface area (Å²) in [5, 5.41) is 14.8. The van der Waals surface area contributed by atoms with Gasteiger partial charge in [0.2, 0.25) is 12.3 Å². The number of carbonyl (C=O) groups is 3. The molecule has 1 aliphatic rings. The predicted molar refractivity (Wildman–Crippen MR) is 144 cm³/mol. The fourth-order valence-corrected chi connectivity index (χ4v) is 3.68. The summed E-state index contributed by atoms with van der Waals surface area (Å²) in [6.07, 6.45) is 3.75. The number of carbonyl (C=O) groups excluding carboxylic acids is 3. The Bertz CT molecular complexity index is 779. The Kier molecular flexibility index (Phi) is 18.8. The minimum absolute atomic E-state index is 0.105. The van der Waals surface area contributed by atoms with Gasteiger partial charge in [0.15, 0.2) is 0 Å². The molecular weight excluding hydrogens is 508 g/mol. The molecule has 0 aliphatic carbocycles. The van der Waals surface area contributed by atoms with E-state index in [2.05, 4.69) is 10.6 Å². The van der Waals surface area contributed by atoms with Crippen LogP contribution < -0.4 is 10.6 Å². The SMILES string of the molecule is CC(C)(C)/C=C(\C#N)C(=O)N1CCCC(C(=O)NCCOCCOCCOCCOCCOCCNC=O)C1. The first-order chi connectivity index (χ1) is 18.8. The van der Waals surface area contributed by atoms with Crippen LogP contribution in [0.25, 0.3) is 0 Å². The Morgan fingerprint density at radius 2 is 1.41 bits per heavy atom. The minimum Gasteiger partial charge on any atom is -0.377 e. The number of nitriles is 1. The Morgan fingerprint density at radius 3 is 1.90 bits per heavy atom. The number of nitrogens with zero attached hydrogens (tertiary/aromatic N) is 2. The molecule has 0 aromatic heterocycles. The van der Waals surface area contributed by atoms with Crippen molar-refractivity contribution in [2.24, 2.45) is 11.3 Å². The Morgan fingerprint density at radius 1 is 0.897 bits per heavy atom. The summed E-state index contributed by atoms with van der Waals surface area (Å²) >= 11 is 0. The van der Waals surface area contributed by atoms with Crippen LogP contribution in [0.3, 0.4) is 0 Å². The van der Waals surface area contributed by atoms with E-state index in [1.165, 1.54) is 0 Å². The first-order valence-corrected chi connectivity index (χ1v) is 13.5. The first-order valence-electron chi connectivity index (χ1n) is 13.5. The predicted octanol–water partition coefficient (Wildman–Crippen LogP) is 0.666. The maximum atomic E-state index is 12.8. The monoisotopic (exact) mass is 554 g/mol. The minimum atomic E-state index is -0.310. The third-order valence-corrected chi connectivity index (χ3v) is 5.52. The topological polar surface area (TPSA) is 148 Å². The number of nitrogens with one attached hydrogen (secondary N) is 2. The second-order valence-electron chi connectivity index (χ2n) is 10.1. The molecule has 39 heavy (non-hydrogen) atoms. The highest BCUT2D eigenvalue weighted by molar-refractivity contribution is 5.97. The van der Waals surface area contributed by atoms with Crippen LogP contribution in [0, 0.1) is 22.7 Å². The lowest BCUT2D eigenvalue weighted by Crippen LogP contribution is -2.46. The number of likely N-dealkylation sites (tertiary alicyclic amines) is 1. The molecule has 2 N–H and O–H groups in total. The Hall–Kier alpha value is -2.56. The van der Waals surface area contributed by atoms with Crippen molar-refractivity contribution in [3.63, 3.8) is 0 Å². The van der Waals surface area contributed by atoms with Crippen molar-refractivity contribution in [2.75, 3.05) is 92.2 Å². The molecule has 0 aromatic rings. The highest BCUT2D eigenvalue weighted by Crippen LogP contribution is 2.22. The first kappa shape index (κ1) is 34.5. The summed E-state index contributed by atoms with van der Waals surface area (Å²) in [4.78, 5) is 37.0. The molecule has 1 rings (SSSR count). The zero-order valence-corrected chi connectivity index (χ0v) is 23.7. The number of amides is 3. The maximum Gasteiger partial charge on any atom is 0.264 e. The smallest absolute Gasteiger partial charge is 0.264 e. The number of allylic oxidation sites excluding steroid dienone is 1. The van der Waals surface area contributed by atoms with Gasteiger partial charge in [-0.25, -0.2) is 0 Å². The molecule has 1 saturated heterocycles. The molecule has 1 aliphatic heterocycles. The van der Waals surface area contributed by atoms with Crippen LogP contribution in [0.2, 0.25) is 0 Å². The Balaban J connectivity index is 2.01. The maximum absolute atomic E-state index is 12.8. The van der Waals surface area contributed by atoms with Gasteiger partial charge in [-0.15, -0.1) is 0 Å². The molecule has 1 fully saturated rings. The molecular formula is C27H46N4O8. The summed E-state index contributed by atoms with van der Waals surface area (Å²) in [7, 11) is 0. The van der Waals surface area contributed by atoms with Crippen LogP contribution in [0.15, 0.2) is 11.6 Å². The summed E-state index contributed by atoms with van der Waals surface area (Å²) in [6.45, 7) is 11.9. The van der Waals surface area contributed by atoms with Crippen molar-refractivity contribution < 1.29 is 38.1 Å². The molecule has 0 saturated carbocycles. The van der Waals surface area contributed by atoms with E-state index in [-0.39, 0.29) is 28.7 Å². The molecule has 1 atom stereocenters. The van der Waals surface area contributed by atoms with E-state index in [0.717, 1.165) is 6.42 Å². The molecule has 1 unspecified atom stereocenters. The van der Waals surface area contributed by atoms with Gasteiger partial charge < -0.3 is 39.2 Å². The zero-order chi connectivity index (χ0) is 28.8. The van der Waals surface area contributed by atoms with E-state index < -0.39 is 0 Å². The van der Waals surface area contributed by atoms with Gasteiger partial charge in [-0.2, -0.15) is 5.26 Å². The lowest BCUT2D eigenvalue weighted by atomic mass is 9.92. The van der Waals surface area contributed by atoms with E-state index in [1.54, 1.807) is 11.0 Å². The molecule has 0 aromatic carbocycles. The van der Waals surface area contributed by atoms with Gasteiger partial charge in [0.05, 0.1) is 72.0 Å². The van der Waals surface area contributed by atoms with E-state index in [9.17, 15) is 19.6 Å². The van der Waals surface area contributed by atoms with Crippen molar-refractivity contribution in [1.82, 2.24) is 15.5 Å². The van der Waals surface area contributed by atoms with E-state index >= 15 is 0 Å². The van der Waals surface area contributed by atoms with E-state index in [1.807, 2.05) is 26.8 Å². The van der Waals surface area contributed by atoms with Gasteiger partial charge in [0.25, 0.3) is 5.91 Å². The van der Waals surface area contributed by atoms with Crippen LogP contribution in [-0.4, -0.2) is 115 Å². The quantitative estimate of drug-likeness (QED) is 0.0903. The second-order valence-corrected chi connectivity index (χ2v) is 10.1. The van der Waals surface area contributed by atoms with E-state index in [0.29, 0.717) is 105 Å². The van der Waals surface area contributed by atoms with Crippen LogP contribution >= 0.6 is 0 Å². The van der Waals surface area contributed by atoms with Crippen molar-refractivity contribution in [2.45, 2.75) is 33.6 Å². The summed E-state index contributed by atoms with van der Waals surface area (Å²) in [5.74, 6) is -0.711. The third-order valence-electron chi connectivity index (χ3n) is 5.52. The molecule has 222 valence electrons. The molecule has 1 heterocycles. The highest BCUT2D eigenvalue weighted by Gasteiger charge is 2.30. The zero-order valence-electron chi connectivity index (χ0n) is 23.7. The number of piperidine rings is 1. The largest absolute Gasteiger partial charge is 0.377 e. The van der Waals surface area contributed by atoms with Gasteiger partial charge in [-0.3, -0.25) is 14.4 Å². The van der Waals surface area contributed by atoms with Crippen molar-refractivity contribution in [3.8, 4) is 6.07 Å². The highest BCUT2D eigenvalue weighted by atomic mass is 16.6. The Labute approximate surface area is 232 Å². The summed E-state index contributed by atoms with van der Waals surface area (Å²) in [6, 6.07) is 2.01. The van der Waals surface area contributed by atoms with Gasteiger partial charge in [-0.05, 0) is 18.3 Å². The third kappa shape index (κ3) is 17.6. The lowest BCUT2D eigenvalue weighted by Gasteiger charge is -2.32. The number of hydrogen-bond donors (Lipinski definition) is 2. The van der Waals surface area contributed by atoms with E-state index in [4.69, 9.17) is 23.7 Å². The number of rotatable bonds is 21. The van der Waals surface area contributed by atoms with Gasteiger partial charge in [0, 0.05) is 26.2 Å². The van der Waals surface area contributed by atoms with Crippen molar-refractivity contribution >= 4 is 18.2 Å². The lowest BCUT2D eigenvalue weighted by molar-refractivity contribution is -0.132. The normalized spacial score (nSPS) is 16.0. The van der Waals surface area contributed by atoms with Crippen molar-refractivity contribution in [1.29, 1.82) is 5.26 Å². The average molecular weight is 555 g/mol.